The van der Waals surface area contributed by atoms with Gasteiger partial charge >= 0.3 is 0 Å². The number of hydrogen-bond donors (Lipinski definition) is 0. The fraction of sp³-hybridized carbons (Fsp3) is 0.385. The summed E-state index contributed by atoms with van der Waals surface area (Å²) in [6.45, 7) is 11.4. The van der Waals surface area contributed by atoms with Gasteiger partial charge in [-0.2, -0.15) is 0 Å². The SMILES string of the molecule is CCN(CC)CCN(C)[C@H](C)C1C=CC=C1P(c1ccccc1)c1ccccc1. The molecule has 1 aliphatic rings. The van der Waals surface area contributed by atoms with E-state index in [9.17, 15) is 0 Å². The Labute approximate surface area is 178 Å². The largest absolute Gasteiger partial charge is 0.303 e. The van der Waals surface area contributed by atoms with Gasteiger partial charge in [-0.05, 0) is 50.9 Å². The summed E-state index contributed by atoms with van der Waals surface area (Å²) in [6, 6.07) is 22.6. The fourth-order valence-corrected chi connectivity index (χ4v) is 6.70. The summed E-state index contributed by atoms with van der Waals surface area (Å²) in [5.74, 6) is 0.461. The van der Waals surface area contributed by atoms with Crippen molar-refractivity contribution in [3.05, 3.63) is 84.2 Å². The molecule has 2 aromatic carbocycles. The third-order valence-electron chi connectivity index (χ3n) is 6.09. The molecular formula is C26H35N2P. The van der Waals surface area contributed by atoms with Crippen molar-refractivity contribution in [1.29, 1.82) is 0 Å². The van der Waals surface area contributed by atoms with Crippen molar-refractivity contribution in [2.45, 2.75) is 26.8 Å². The lowest BCUT2D eigenvalue weighted by Gasteiger charge is -2.34. The van der Waals surface area contributed by atoms with Gasteiger partial charge in [0.25, 0.3) is 0 Å². The molecule has 0 spiro atoms. The Morgan fingerprint density at radius 1 is 0.862 bits per heavy atom. The molecule has 0 radical (unpaired) electrons. The van der Waals surface area contributed by atoms with E-state index >= 15 is 0 Å². The van der Waals surface area contributed by atoms with Gasteiger partial charge in [-0.25, -0.2) is 0 Å². The van der Waals surface area contributed by atoms with E-state index in [0.717, 1.165) is 26.2 Å². The van der Waals surface area contributed by atoms with Gasteiger partial charge in [0.15, 0.2) is 0 Å². The van der Waals surface area contributed by atoms with Crippen LogP contribution in [0.2, 0.25) is 0 Å². The molecule has 154 valence electrons. The van der Waals surface area contributed by atoms with Gasteiger partial charge in [-0.1, -0.05) is 92.7 Å². The maximum absolute atomic E-state index is 2.54. The second kappa shape index (κ2) is 10.9. The van der Waals surface area contributed by atoms with E-state index in [1.54, 1.807) is 5.31 Å². The molecule has 3 heteroatoms. The van der Waals surface area contributed by atoms with Crippen LogP contribution in [0.15, 0.2) is 84.2 Å². The summed E-state index contributed by atoms with van der Waals surface area (Å²) < 4.78 is 0. The van der Waals surface area contributed by atoms with Crippen LogP contribution >= 0.6 is 7.92 Å². The molecule has 0 amide bonds. The van der Waals surface area contributed by atoms with E-state index in [-0.39, 0.29) is 0 Å². The Kier molecular flexibility index (Phi) is 8.24. The summed E-state index contributed by atoms with van der Waals surface area (Å²) in [5.41, 5.74) is 0. The van der Waals surface area contributed by atoms with Crippen LogP contribution < -0.4 is 10.6 Å². The monoisotopic (exact) mass is 406 g/mol. The Hall–Kier alpha value is -1.73. The highest BCUT2D eigenvalue weighted by Gasteiger charge is 2.31. The number of benzene rings is 2. The number of hydrogen-bond acceptors (Lipinski definition) is 2. The van der Waals surface area contributed by atoms with Gasteiger partial charge in [-0.15, -0.1) is 0 Å². The number of allylic oxidation sites excluding steroid dienone is 2. The average Bonchev–Trinajstić information content (AvgIpc) is 3.24. The molecule has 0 heterocycles. The molecule has 0 saturated heterocycles. The van der Waals surface area contributed by atoms with Crippen molar-refractivity contribution in [2.24, 2.45) is 5.92 Å². The first-order chi connectivity index (χ1) is 14.2. The second-order valence-corrected chi connectivity index (χ2v) is 9.98. The first-order valence-corrected chi connectivity index (χ1v) is 12.2. The highest BCUT2D eigenvalue weighted by Crippen LogP contribution is 2.50. The van der Waals surface area contributed by atoms with Crippen molar-refractivity contribution in [2.75, 3.05) is 33.2 Å². The third kappa shape index (κ3) is 5.45. The number of nitrogens with zero attached hydrogens (tertiary/aromatic N) is 2. The fourth-order valence-electron chi connectivity index (χ4n) is 4.03. The van der Waals surface area contributed by atoms with Crippen LogP contribution in [0, 0.1) is 5.92 Å². The van der Waals surface area contributed by atoms with Gasteiger partial charge < -0.3 is 9.80 Å². The zero-order chi connectivity index (χ0) is 20.6. The van der Waals surface area contributed by atoms with Crippen molar-refractivity contribution in [3.8, 4) is 0 Å². The van der Waals surface area contributed by atoms with Gasteiger partial charge in [0.2, 0.25) is 0 Å². The molecule has 0 N–H and O–H groups in total. The van der Waals surface area contributed by atoms with Gasteiger partial charge in [0, 0.05) is 25.0 Å². The Bertz CT molecular complexity index is 756. The molecule has 0 aromatic heterocycles. The zero-order valence-corrected chi connectivity index (χ0v) is 19.2. The Morgan fingerprint density at radius 3 is 1.93 bits per heavy atom. The normalized spacial score (nSPS) is 17.3. The quantitative estimate of drug-likeness (QED) is 0.521. The average molecular weight is 407 g/mol. The molecule has 0 fully saturated rings. The molecule has 0 bridgehead atoms. The topological polar surface area (TPSA) is 6.48 Å². The molecule has 2 atom stereocenters. The second-order valence-electron chi connectivity index (χ2n) is 7.76. The first kappa shape index (κ1) is 22.0. The lowest BCUT2D eigenvalue weighted by Crippen LogP contribution is -2.40. The van der Waals surface area contributed by atoms with Gasteiger partial charge in [0.1, 0.15) is 0 Å². The van der Waals surface area contributed by atoms with E-state index in [4.69, 9.17) is 0 Å². The highest BCUT2D eigenvalue weighted by molar-refractivity contribution is 7.76. The Balaban J connectivity index is 1.82. The van der Waals surface area contributed by atoms with E-state index < -0.39 is 7.92 Å². The molecule has 3 rings (SSSR count). The molecule has 29 heavy (non-hydrogen) atoms. The van der Waals surface area contributed by atoms with Crippen LogP contribution in [-0.2, 0) is 0 Å². The van der Waals surface area contributed by atoms with Crippen molar-refractivity contribution in [3.63, 3.8) is 0 Å². The molecule has 0 saturated carbocycles. The first-order valence-electron chi connectivity index (χ1n) is 10.9. The summed E-state index contributed by atoms with van der Waals surface area (Å²) in [6.07, 6.45) is 7.07. The predicted molar refractivity (Wildman–Crippen MR) is 130 cm³/mol. The number of likely N-dealkylation sites (N-methyl/N-ethyl adjacent to an activating group) is 2. The minimum Gasteiger partial charge on any atom is -0.303 e. The minimum absolute atomic E-state index is 0.461. The molecule has 2 aromatic rings. The van der Waals surface area contributed by atoms with Crippen LogP contribution in [-0.4, -0.2) is 49.1 Å². The maximum atomic E-state index is 2.54. The summed E-state index contributed by atoms with van der Waals surface area (Å²) >= 11 is 0. The number of rotatable bonds is 10. The smallest absolute Gasteiger partial charge is 0.0185 e. The van der Waals surface area contributed by atoms with Crippen molar-refractivity contribution >= 4 is 18.5 Å². The van der Waals surface area contributed by atoms with E-state index in [1.165, 1.54) is 10.6 Å². The molecule has 1 aliphatic carbocycles. The van der Waals surface area contributed by atoms with Crippen LogP contribution in [0.5, 0.6) is 0 Å². The van der Waals surface area contributed by atoms with Crippen LogP contribution in [0.4, 0.5) is 0 Å². The third-order valence-corrected chi connectivity index (χ3v) is 8.68. The highest BCUT2D eigenvalue weighted by atomic mass is 31.1. The molecule has 1 unspecified atom stereocenters. The molecule has 0 aliphatic heterocycles. The standard InChI is InChI=1S/C26H35N2P/c1-5-28(6-2)21-20-27(4)22(3)25-18-13-19-26(25)29(23-14-9-7-10-15-23)24-16-11-8-12-17-24/h7-19,22,25H,5-6,20-21H2,1-4H3/t22-,25?/m1/s1. The van der Waals surface area contributed by atoms with Crippen LogP contribution in [0.3, 0.4) is 0 Å². The van der Waals surface area contributed by atoms with Crippen molar-refractivity contribution < 1.29 is 0 Å². The van der Waals surface area contributed by atoms with Crippen molar-refractivity contribution in [1.82, 2.24) is 9.80 Å². The predicted octanol–water partition coefficient (Wildman–Crippen LogP) is 4.85. The molecular weight excluding hydrogens is 371 g/mol. The van der Waals surface area contributed by atoms with Gasteiger partial charge in [-0.3, -0.25) is 0 Å². The van der Waals surface area contributed by atoms with E-state index in [0.29, 0.717) is 12.0 Å². The molecule has 2 nitrogen and oxygen atoms in total. The Morgan fingerprint density at radius 2 is 1.41 bits per heavy atom. The maximum Gasteiger partial charge on any atom is 0.0185 e. The van der Waals surface area contributed by atoms with E-state index in [1.807, 2.05) is 0 Å². The van der Waals surface area contributed by atoms with E-state index in [2.05, 4.69) is 117 Å². The summed E-state index contributed by atoms with van der Waals surface area (Å²) in [4.78, 5) is 5.04. The lowest BCUT2D eigenvalue weighted by atomic mass is 10.0. The minimum atomic E-state index is -0.515. The summed E-state index contributed by atoms with van der Waals surface area (Å²) in [5, 5.41) is 4.44. The van der Waals surface area contributed by atoms with Crippen LogP contribution in [0.1, 0.15) is 20.8 Å². The van der Waals surface area contributed by atoms with Gasteiger partial charge in [0.05, 0.1) is 0 Å². The lowest BCUT2D eigenvalue weighted by molar-refractivity contribution is 0.190. The zero-order valence-electron chi connectivity index (χ0n) is 18.3. The summed E-state index contributed by atoms with van der Waals surface area (Å²) in [7, 11) is 1.77. The van der Waals surface area contributed by atoms with Crippen LogP contribution in [0.25, 0.3) is 0 Å².